The second-order valence-electron chi connectivity index (χ2n) is 8.00. The predicted molar refractivity (Wildman–Crippen MR) is 127 cm³/mol. The summed E-state index contributed by atoms with van der Waals surface area (Å²) in [5.41, 5.74) is 7.17. The van der Waals surface area contributed by atoms with Crippen LogP contribution in [0.4, 0.5) is 11.6 Å². The number of anilines is 2. The van der Waals surface area contributed by atoms with Crippen molar-refractivity contribution in [3.63, 3.8) is 0 Å². The molecule has 0 unspecified atom stereocenters. The molecule has 0 aliphatic carbocycles. The van der Waals surface area contributed by atoms with Gasteiger partial charge in [0.25, 0.3) is 5.56 Å². The third-order valence-electron chi connectivity index (χ3n) is 6.07. The lowest BCUT2D eigenvalue weighted by Gasteiger charge is -2.31. The van der Waals surface area contributed by atoms with Gasteiger partial charge in [-0.25, -0.2) is 15.0 Å². The van der Waals surface area contributed by atoms with Crippen molar-refractivity contribution < 1.29 is 0 Å². The molecule has 0 bridgehead atoms. The van der Waals surface area contributed by atoms with E-state index in [4.69, 9.17) is 22.3 Å². The number of fused-ring (bicyclic) bond motifs is 1. The Morgan fingerprint density at radius 3 is 2.67 bits per heavy atom. The summed E-state index contributed by atoms with van der Waals surface area (Å²) in [5.74, 6) is 1.13. The Kier molecular flexibility index (Phi) is 5.19. The molecule has 9 heteroatoms. The average molecular weight is 458 g/mol. The van der Waals surface area contributed by atoms with E-state index in [1.54, 1.807) is 22.8 Å². The van der Waals surface area contributed by atoms with Crippen LogP contribution in [0.3, 0.4) is 0 Å². The quantitative estimate of drug-likeness (QED) is 0.494. The van der Waals surface area contributed by atoms with E-state index in [0.29, 0.717) is 33.3 Å². The molecule has 33 heavy (non-hydrogen) atoms. The summed E-state index contributed by atoms with van der Waals surface area (Å²) in [6.07, 6.45) is 2.91. The Balaban J connectivity index is 1.80. The molecule has 4 aromatic rings. The highest BCUT2D eigenvalue weighted by Gasteiger charge is 2.38. The van der Waals surface area contributed by atoms with Gasteiger partial charge in [0.1, 0.15) is 29.6 Å². The van der Waals surface area contributed by atoms with E-state index < -0.39 is 0 Å². The Bertz CT molecular complexity index is 1460. The normalized spacial score (nSPS) is 17.9. The summed E-state index contributed by atoms with van der Waals surface area (Å²) < 4.78 is 1.61. The zero-order valence-corrected chi connectivity index (χ0v) is 18.6. The number of nitriles is 1. The van der Waals surface area contributed by atoms with Crippen molar-refractivity contribution in [1.82, 2.24) is 19.5 Å². The lowest BCUT2D eigenvalue weighted by molar-refractivity contribution is 0.615. The van der Waals surface area contributed by atoms with E-state index in [0.717, 1.165) is 12.8 Å². The number of nitrogen functional groups attached to an aromatic ring is 1. The van der Waals surface area contributed by atoms with Gasteiger partial charge in [0.2, 0.25) is 0 Å². The molecular formula is C24H20ClN7O. The zero-order valence-electron chi connectivity index (χ0n) is 17.8. The number of nitrogens with two attached hydrogens (primary N) is 1. The second-order valence-corrected chi connectivity index (χ2v) is 8.41. The van der Waals surface area contributed by atoms with Crippen LogP contribution in [0.25, 0.3) is 16.6 Å². The van der Waals surface area contributed by atoms with Gasteiger partial charge in [-0.1, -0.05) is 35.9 Å². The van der Waals surface area contributed by atoms with Gasteiger partial charge < -0.3 is 10.6 Å². The molecule has 2 aromatic carbocycles. The van der Waals surface area contributed by atoms with Crippen LogP contribution < -0.4 is 16.2 Å². The van der Waals surface area contributed by atoms with Gasteiger partial charge in [0, 0.05) is 6.04 Å². The molecule has 164 valence electrons. The molecule has 5 rings (SSSR count). The molecule has 0 spiro atoms. The largest absolute Gasteiger partial charge is 0.382 e. The van der Waals surface area contributed by atoms with Gasteiger partial charge in [-0.15, -0.1) is 0 Å². The van der Waals surface area contributed by atoms with Gasteiger partial charge >= 0.3 is 0 Å². The maximum atomic E-state index is 13.8. The van der Waals surface area contributed by atoms with Crippen LogP contribution >= 0.6 is 11.6 Å². The molecule has 1 aliphatic rings. The van der Waals surface area contributed by atoms with Crippen LogP contribution in [-0.4, -0.2) is 25.6 Å². The van der Waals surface area contributed by atoms with Crippen LogP contribution in [0.15, 0.2) is 59.7 Å². The minimum Gasteiger partial charge on any atom is -0.382 e. The zero-order chi connectivity index (χ0) is 23.1. The van der Waals surface area contributed by atoms with Crippen molar-refractivity contribution in [3.05, 3.63) is 81.6 Å². The number of halogens is 1. The third kappa shape index (κ3) is 3.38. The summed E-state index contributed by atoms with van der Waals surface area (Å²) in [4.78, 5) is 29.1. The number of nitrogens with zero attached hydrogens (tertiary/aromatic N) is 6. The first-order chi connectivity index (χ1) is 16.0. The Hall–Kier alpha value is -3.96. The molecule has 2 atom stereocenters. The molecule has 2 N–H and O–H groups in total. The summed E-state index contributed by atoms with van der Waals surface area (Å²) in [6, 6.07) is 16.5. The Morgan fingerprint density at radius 2 is 1.91 bits per heavy atom. The first-order valence-corrected chi connectivity index (χ1v) is 10.9. The highest BCUT2D eigenvalue weighted by molar-refractivity contribution is 6.35. The van der Waals surface area contributed by atoms with E-state index in [9.17, 15) is 10.1 Å². The Morgan fingerprint density at radius 1 is 1.12 bits per heavy atom. The topological polar surface area (TPSA) is 114 Å². The summed E-state index contributed by atoms with van der Waals surface area (Å²) in [5, 5.41) is 10.5. The number of hydrogen-bond acceptors (Lipinski definition) is 7. The van der Waals surface area contributed by atoms with Crippen LogP contribution in [0.5, 0.6) is 0 Å². The van der Waals surface area contributed by atoms with Crippen LogP contribution in [-0.2, 0) is 0 Å². The Labute approximate surface area is 194 Å². The molecule has 0 saturated carbocycles. The maximum absolute atomic E-state index is 13.8. The van der Waals surface area contributed by atoms with Crippen molar-refractivity contribution >= 4 is 34.1 Å². The van der Waals surface area contributed by atoms with Crippen molar-refractivity contribution in [3.8, 4) is 11.8 Å². The van der Waals surface area contributed by atoms with Crippen molar-refractivity contribution in [1.29, 1.82) is 5.26 Å². The van der Waals surface area contributed by atoms with Gasteiger partial charge in [0.15, 0.2) is 5.82 Å². The van der Waals surface area contributed by atoms with Crippen molar-refractivity contribution in [2.45, 2.75) is 31.8 Å². The standard InChI is InChI=1S/C24H20ClN7O/c1-14-10-11-19(31(14)22-16(12-26)21(27)28-13-29-22)23-30-18-9-5-8-17(25)20(18)24(33)32(23)15-6-3-2-4-7-15/h2-9,13-14,19H,10-11H2,1H3,(H2,27,28,29)/t14-,19-/m0/s1. The van der Waals surface area contributed by atoms with Crippen molar-refractivity contribution in [2.75, 3.05) is 10.6 Å². The number of para-hydroxylation sites is 1. The minimum absolute atomic E-state index is 0.0487. The summed E-state index contributed by atoms with van der Waals surface area (Å²) in [6.45, 7) is 2.06. The predicted octanol–water partition coefficient (Wildman–Crippen LogP) is 4.01. The molecule has 0 radical (unpaired) electrons. The number of hydrogen-bond donors (Lipinski definition) is 1. The van der Waals surface area contributed by atoms with Crippen LogP contribution in [0.1, 0.15) is 37.2 Å². The highest BCUT2D eigenvalue weighted by Crippen LogP contribution is 2.40. The third-order valence-corrected chi connectivity index (χ3v) is 6.38. The monoisotopic (exact) mass is 457 g/mol. The molecule has 3 heterocycles. The van der Waals surface area contributed by atoms with E-state index >= 15 is 0 Å². The molecule has 8 nitrogen and oxygen atoms in total. The number of benzene rings is 2. The lowest BCUT2D eigenvalue weighted by Crippen LogP contribution is -2.35. The molecular weight excluding hydrogens is 438 g/mol. The molecule has 2 aromatic heterocycles. The fourth-order valence-electron chi connectivity index (χ4n) is 4.54. The van der Waals surface area contributed by atoms with Crippen molar-refractivity contribution in [2.24, 2.45) is 0 Å². The lowest BCUT2D eigenvalue weighted by atomic mass is 10.1. The molecule has 1 saturated heterocycles. The summed E-state index contributed by atoms with van der Waals surface area (Å²) >= 11 is 6.41. The van der Waals surface area contributed by atoms with Gasteiger partial charge in [0.05, 0.1) is 27.7 Å². The maximum Gasteiger partial charge on any atom is 0.267 e. The van der Waals surface area contributed by atoms with E-state index in [1.165, 1.54) is 6.33 Å². The van der Waals surface area contributed by atoms with Gasteiger partial charge in [-0.3, -0.25) is 9.36 Å². The average Bonchev–Trinajstić information content (AvgIpc) is 3.20. The fraction of sp³-hybridized carbons (Fsp3) is 0.208. The highest BCUT2D eigenvalue weighted by atomic mass is 35.5. The van der Waals surface area contributed by atoms with E-state index in [-0.39, 0.29) is 29.0 Å². The van der Waals surface area contributed by atoms with E-state index in [1.807, 2.05) is 35.2 Å². The second kappa shape index (κ2) is 8.19. The smallest absolute Gasteiger partial charge is 0.267 e. The van der Waals surface area contributed by atoms with Crippen LogP contribution in [0, 0.1) is 11.3 Å². The van der Waals surface area contributed by atoms with Gasteiger partial charge in [-0.05, 0) is 44.0 Å². The molecule has 1 fully saturated rings. The number of rotatable bonds is 3. The van der Waals surface area contributed by atoms with Crippen LogP contribution in [0.2, 0.25) is 5.02 Å². The van der Waals surface area contributed by atoms with E-state index in [2.05, 4.69) is 23.0 Å². The molecule has 0 amide bonds. The SMILES string of the molecule is C[C@H]1CC[C@@H](c2nc3cccc(Cl)c3c(=O)n2-c2ccccc2)N1c1ncnc(N)c1C#N. The first kappa shape index (κ1) is 20.9. The van der Waals surface area contributed by atoms with Gasteiger partial charge in [-0.2, -0.15) is 5.26 Å². The fourth-order valence-corrected chi connectivity index (χ4v) is 4.79. The molecule has 1 aliphatic heterocycles. The first-order valence-electron chi connectivity index (χ1n) is 10.6. The number of aromatic nitrogens is 4. The summed E-state index contributed by atoms with van der Waals surface area (Å²) in [7, 11) is 0. The minimum atomic E-state index is -0.308.